The molecule has 0 spiro atoms. The fourth-order valence-corrected chi connectivity index (χ4v) is 5.30. The van der Waals surface area contributed by atoms with Crippen molar-refractivity contribution in [2.75, 3.05) is 31.6 Å². The first-order valence-electron chi connectivity index (χ1n) is 11.0. The van der Waals surface area contributed by atoms with Gasteiger partial charge in [-0.2, -0.15) is 4.31 Å². The number of nitrogens with zero attached hydrogens (tertiary/aromatic N) is 3. The lowest BCUT2D eigenvalue weighted by Crippen LogP contribution is -2.40. The Hall–Kier alpha value is -3.91. The second kappa shape index (κ2) is 11.2. The van der Waals surface area contributed by atoms with Gasteiger partial charge in [-0.25, -0.2) is 8.42 Å². The minimum Gasteiger partial charge on any atom is -0.466 e. The molecule has 1 aliphatic heterocycles. The van der Waals surface area contributed by atoms with Crippen LogP contribution in [0, 0.1) is 26.1 Å². The number of anilines is 1. The number of Topliss-reactive ketones (excluding diaryl/α,β-unsaturated/α-hetero) is 1. The number of carbonyl (C=O) groups is 2. The molecule has 0 atom stereocenters. The molecule has 1 heterocycles. The maximum atomic E-state index is 13.1. The molecule has 0 aliphatic carbocycles. The van der Waals surface area contributed by atoms with Crippen molar-refractivity contribution in [3.8, 4) is 0 Å². The van der Waals surface area contributed by atoms with Crippen LogP contribution in [0.4, 0.5) is 17.1 Å². The summed E-state index contributed by atoms with van der Waals surface area (Å²) in [7, 11) is -3.92. The highest BCUT2D eigenvalue weighted by Gasteiger charge is 2.33. The van der Waals surface area contributed by atoms with Gasteiger partial charge >= 0.3 is 5.97 Å². The van der Waals surface area contributed by atoms with Crippen LogP contribution in [0.25, 0.3) is 0 Å². The zero-order valence-corrected chi connectivity index (χ0v) is 20.1. The van der Waals surface area contributed by atoms with Crippen LogP contribution in [0.15, 0.2) is 47.4 Å². The summed E-state index contributed by atoms with van der Waals surface area (Å²) in [4.78, 5) is 45.1. The van der Waals surface area contributed by atoms with Crippen molar-refractivity contribution in [2.24, 2.45) is 5.92 Å². The van der Waals surface area contributed by atoms with Crippen molar-refractivity contribution < 1.29 is 32.6 Å². The highest BCUT2D eigenvalue weighted by Crippen LogP contribution is 2.29. The first-order valence-corrected chi connectivity index (χ1v) is 12.4. The summed E-state index contributed by atoms with van der Waals surface area (Å²) in [5, 5.41) is 24.7. The van der Waals surface area contributed by atoms with E-state index in [-0.39, 0.29) is 47.7 Å². The summed E-state index contributed by atoms with van der Waals surface area (Å²) in [6.45, 7) is 1.82. The first-order chi connectivity index (χ1) is 17.0. The smallest absolute Gasteiger partial charge is 0.309 e. The van der Waals surface area contributed by atoms with Crippen LogP contribution < -0.4 is 5.32 Å². The number of ketones is 1. The van der Waals surface area contributed by atoms with Crippen LogP contribution >= 0.6 is 0 Å². The second-order valence-electron chi connectivity index (χ2n) is 7.95. The van der Waals surface area contributed by atoms with Crippen LogP contribution in [0.3, 0.4) is 0 Å². The largest absolute Gasteiger partial charge is 0.466 e. The van der Waals surface area contributed by atoms with E-state index in [1.54, 1.807) is 6.92 Å². The Bertz CT molecular complexity index is 1290. The fourth-order valence-electron chi connectivity index (χ4n) is 3.78. The van der Waals surface area contributed by atoms with E-state index in [2.05, 4.69) is 5.32 Å². The molecule has 0 radical (unpaired) electrons. The maximum absolute atomic E-state index is 13.1. The molecule has 0 unspecified atom stereocenters. The molecule has 3 rings (SSSR count). The third-order valence-corrected chi connectivity index (χ3v) is 7.59. The van der Waals surface area contributed by atoms with Gasteiger partial charge in [0.25, 0.3) is 11.4 Å². The third kappa shape index (κ3) is 6.01. The molecule has 0 saturated carbocycles. The molecule has 1 N–H and O–H groups in total. The first kappa shape index (κ1) is 26.7. The molecule has 13 nitrogen and oxygen atoms in total. The Balaban J connectivity index is 1.70. The summed E-state index contributed by atoms with van der Waals surface area (Å²) in [6.07, 6.45) is 0.656. The van der Waals surface area contributed by atoms with Gasteiger partial charge in [-0.15, -0.1) is 0 Å². The molecule has 1 fully saturated rings. The Kier molecular flexibility index (Phi) is 8.32. The van der Waals surface area contributed by atoms with Gasteiger partial charge in [-0.05, 0) is 38.0 Å². The maximum Gasteiger partial charge on any atom is 0.309 e. The molecule has 0 bridgehead atoms. The third-order valence-electron chi connectivity index (χ3n) is 5.70. The van der Waals surface area contributed by atoms with E-state index in [0.717, 1.165) is 18.2 Å². The van der Waals surface area contributed by atoms with Gasteiger partial charge in [0.2, 0.25) is 10.0 Å². The Morgan fingerprint density at radius 3 is 2.39 bits per heavy atom. The Labute approximate surface area is 206 Å². The highest BCUT2D eigenvalue weighted by molar-refractivity contribution is 7.89. The highest BCUT2D eigenvalue weighted by atomic mass is 32.2. The number of nitrogens with one attached hydrogen (secondary N) is 1. The normalized spacial score (nSPS) is 14.7. The number of nitro benzene ring substituents is 2. The van der Waals surface area contributed by atoms with Gasteiger partial charge in [-0.1, -0.05) is 12.1 Å². The van der Waals surface area contributed by atoms with E-state index in [1.165, 1.54) is 28.6 Å². The summed E-state index contributed by atoms with van der Waals surface area (Å²) < 4.78 is 32.5. The molecular formula is C22H24N4O9S. The summed E-state index contributed by atoms with van der Waals surface area (Å²) >= 11 is 0. The number of nitro groups is 2. The Morgan fingerprint density at radius 2 is 1.78 bits per heavy atom. The molecule has 36 heavy (non-hydrogen) atoms. The lowest BCUT2D eigenvalue weighted by Gasteiger charge is -2.30. The standard InChI is InChI=1S/C22H24N4O9S/c1-2-35-22(28)15-8-10-24(11-9-15)36(33,34)18-5-3-4-16(12-18)21(27)14-23-19-7-6-17(25(29)30)13-20(19)26(31)32/h3-7,12-13,15,23H,2,8-11,14H2,1H3. The predicted octanol–water partition coefficient (Wildman–Crippen LogP) is 2.76. The molecule has 0 aromatic heterocycles. The Morgan fingerprint density at radius 1 is 1.08 bits per heavy atom. The van der Waals surface area contributed by atoms with Gasteiger partial charge < -0.3 is 10.1 Å². The van der Waals surface area contributed by atoms with Crippen molar-refractivity contribution in [1.29, 1.82) is 0 Å². The molecule has 2 aromatic carbocycles. The number of rotatable bonds is 10. The van der Waals surface area contributed by atoms with Gasteiger partial charge in [0.05, 0.1) is 39.9 Å². The number of benzene rings is 2. The number of hydrogen-bond donors (Lipinski definition) is 1. The van der Waals surface area contributed by atoms with Crippen molar-refractivity contribution in [3.63, 3.8) is 0 Å². The van der Waals surface area contributed by atoms with E-state index in [1.807, 2.05) is 0 Å². The minimum absolute atomic E-state index is 0.0644. The predicted molar refractivity (Wildman–Crippen MR) is 127 cm³/mol. The lowest BCUT2D eigenvalue weighted by molar-refractivity contribution is -0.393. The van der Waals surface area contributed by atoms with Crippen LogP contribution in [-0.2, 0) is 19.6 Å². The average Bonchev–Trinajstić information content (AvgIpc) is 2.87. The number of non-ortho nitro benzene ring substituents is 1. The van der Waals surface area contributed by atoms with Crippen molar-refractivity contribution in [1.82, 2.24) is 4.31 Å². The zero-order chi connectivity index (χ0) is 26.5. The SMILES string of the molecule is CCOC(=O)C1CCN(S(=O)(=O)c2cccc(C(=O)CNc3ccc([N+](=O)[O-])cc3[N+](=O)[O-])c2)CC1. The fraction of sp³-hybridized carbons (Fsp3) is 0.364. The van der Waals surface area contributed by atoms with Crippen LogP contribution in [0.5, 0.6) is 0 Å². The molecule has 14 heteroatoms. The van der Waals surface area contributed by atoms with E-state index < -0.39 is 43.6 Å². The summed E-state index contributed by atoms with van der Waals surface area (Å²) in [5.41, 5.74) is -1.07. The van der Waals surface area contributed by atoms with Crippen LogP contribution in [0.1, 0.15) is 30.1 Å². The van der Waals surface area contributed by atoms with Gasteiger partial charge in [0.1, 0.15) is 5.69 Å². The second-order valence-corrected chi connectivity index (χ2v) is 9.89. The number of piperidine rings is 1. The molecule has 2 aromatic rings. The zero-order valence-electron chi connectivity index (χ0n) is 19.3. The van der Waals surface area contributed by atoms with Gasteiger partial charge in [0, 0.05) is 24.7 Å². The number of ether oxygens (including phenoxy) is 1. The average molecular weight is 521 g/mol. The van der Waals surface area contributed by atoms with Crippen molar-refractivity contribution in [2.45, 2.75) is 24.7 Å². The topological polar surface area (TPSA) is 179 Å². The lowest BCUT2D eigenvalue weighted by atomic mass is 9.98. The quantitative estimate of drug-likeness (QED) is 0.212. The molecule has 1 saturated heterocycles. The van der Waals surface area contributed by atoms with E-state index in [4.69, 9.17) is 4.74 Å². The van der Waals surface area contributed by atoms with Gasteiger partial charge in [0.15, 0.2) is 5.78 Å². The monoisotopic (exact) mass is 520 g/mol. The molecule has 0 amide bonds. The van der Waals surface area contributed by atoms with Crippen LogP contribution in [-0.4, -0.2) is 60.6 Å². The number of sulfonamides is 1. The van der Waals surface area contributed by atoms with Crippen molar-refractivity contribution in [3.05, 3.63) is 68.3 Å². The van der Waals surface area contributed by atoms with Crippen molar-refractivity contribution >= 4 is 38.8 Å². The molecular weight excluding hydrogens is 496 g/mol. The van der Waals surface area contributed by atoms with E-state index in [0.29, 0.717) is 12.8 Å². The van der Waals surface area contributed by atoms with Gasteiger partial charge in [-0.3, -0.25) is 29.8 Å². The van der Waals surface area contributed by atoms with E-state index in [9.17, 15) is 38.2 Å². The number of carbonyl (C=O) groups excluding carboxylic acids is 2. The minimum atomic E-state index is -3.92. The number of hydrogen-bond acceptors (Lipinski definition) is 10. The number of esters is 1. The summed E-state index contributed by atoms with van der Waals surface area (Å²) in [5.74, 6) is -1.25. The molecule has 192 valence electrons. The van der Waals surface area contributed by atoms with Crippen LogP contribution in [0.2, 0.25) is 0 Å². The van der Waals surface area contributed by atoms with E-state index >= 15 is 0 Å². The molecule has 1 aliphatic rings. The summed E-state index contributed by atoms with van der Waals surface area (Å²) in [6, 6.07) is 8.40.